The van der Waals surface area contributed by atoms with Crippen molar-refractivity contribution in [3.8, 4) is 0 Å². The highest BCUT2D eigenvalue weighted by molar-refractivity contribution is 5.76. The summed E-state index contributed by atoms with van der Waals surface area (Å²) in [6.07, 6.45) is 0.908. The molecule has 1 unspecified atom stereocenters. The van der Waals surface area contributed by atoms with Crippen molar-refractivity contribution in [1.82, 2.24) is 9.55 Å². The number of aromatic nitrogens is 2. The SMILES string of the molecule is COCC(C)n1c(C2CCC(F)(F)CC2)nc2ccccc21. The van der Waals surface area contributed by atoms with Crippen LogP contribution in [0.4, 0.5) is 8.78 Å². The molecule has 0 amide bonds. The van der Waals surface area contributed by atoms with E-state index in [1.807, 2.05) is 24.3 Å². The molecule has 120 valence electrons. The molecule has 1 aliphatic rings. The summed E-state index contributed by atoms with van der Waals surface area (Å²) in [5.74, 6) is -1.47. The predicted octanol–water partition coefficient (Wildman–Crippen LogP) is 4.54. The largest absolute Gasteiger partial charge is 0.383 e. The Bertz CT molecular complexity index is 643. The van der Waals surface area contributed by atoms with Crippen LogP contribution in [-0.2, 0) is 4.74 Å². The lowest BCUT2D eigenvalue weighted by atomic mass is 9.86. The van der Waals surface area contributed by atoms with Crippen LogP contribution in [0.15, 0.2) is 24.3 Å². The summed E-state index contributed by atoms with van der Waals surface area (Å²) in [4.78, 5) is 4.75. The third-order valence-electron chi connectivity index (χ3n) is 4.55. The number of para-hydroxylation sites is 2. The lowest BCUT2D eigenvalue weighted by Gasteiger charge is -2.29. The van der Waals surface area contributed by atoms with Crippen LogP contribution in [-0.4, -0.2) is 29.2 Å². The van der Waals surface area contributed by atoms with Gasteiger partial charge >= 0.3 is 0 Å². The highest BCUT2D eigenvalue weighted by Crippen LogP contribution is 2.41. The summed E-state index contributed by atoms with van der Waals surface area (Å²) in [6, 6.07) is 8.09. The van der Waals surface area contributed by atoms with E-state index in [4.69, 9.17) is 9.72 Å². The van der Waals surface area contributed by atoms with Crippen molar-refractivity contribution in [3.63, 3.8) is 0 Å². The Morgan fingerprint density at radius 1 is 1.32 bits per heavy atom. The van der Waals surface area contributed by atoms with Gasteiger partial charge in [-0.3, -0.25) is 0 Å². The van der Waals surface area contributed by atoms with Crippen molar-refractivity contribution in [2.75, 3.05) is 13.7 Å². The van der Waals surface area contributed by atoms with Crippen LogP contribution in [0.25, 0.3) is 11.0 Å². The Morgan fingerprint density at radius 2 is 2.00 bits per heavy atom. The van der Waals surface area contributed by atoms with Gasteiger partial charge in [-0.25, -0.2) is 13.8 Å². The van der Waals surface area contributed by atoms with E-state index >= 15 is 0 Å². The number of imidazole rings is 1. The molecule has 1 aromatic heterocycles. The zero-order valence-corrected chi connectivity index (χ0v) is 13.1. The normalized spacial score (nSPS) is 20.4. The fraction of sp³-hybridized carbons (Fsp3) is 0.588. The van der Waals surface area contributed by atoms with Gasteiger partial charge in [-0.15, -0.1) is 0 Å². The predicted molar refractivity (Wildman–Crippen MR) is 82.5 cm³/mol. The van der Waals surface area contributed by atoms with Crippen molar-refractivity contribution in [3.05, 3.63) is 30.1 Å². The first kappa shape index (κ1) is 15.4. The fourth-order valence-electron chi connectivity index (χ4n) is 3.43. The highest BCUT2D eigenvalue weighted by Gasteiger charge is 2.37. The monoisotopic (exact) mass is 308 g/mol. The second kappa shape index (κ2) is 5.95. The Hall–Kier alpha value is -1.49. The second-order valence-electron chi connectivity index (χ2n) is 6.26. The molecule has 1 aliphatic carbocycles. The van der Waals surface area contributed by atoms with Crippen molar-refractivity contribution in [2.24, 2.45) is 0 Å². The first-order chi connectivity index (χ1) is 10.5. The van der Waals surface area contributed by atoms with E-state index in [9.17, 15) is 8.78 Å². The van der Waals surface area contributed by atoms with E-state index < -0.39 is 5.92 Å². The Labute approximate surface area is 129 Å². The van der Waals surface area contributed by atoms with Gasteiger partial charge in [0.15, 0.2) is 0 Å². The number of benzene rings is 1. The van der Waals surface area contributed by atoms with E-state index in [1.165, 1.54) is 0 Å². The van der Waals surface area contributed by atoms with E-state index in [-0.39, 0.29) is 24.8 Å². The molecule has 5 heteroatoms. The molecule has 1 aromatic carbocycles. The summed E-state index contributed by atoms with van der Waals surface area (Å²) in [6.45, 7) is 2.66. The number of halogens is 2. The molecule has 0 aliphatic heterocycles. The minimum atomic E-state index is -2.51. The molecule has 22 heavy (non-hydrogen) atoms. The summed E-state index contributed by atoms with van der Waals surface area (Å²) >= 11 is 0. The van der Waals surface area contributed by atoms with Gasteiger partial charge < -0.3 is 9.30 Å². The molecule has 3 nitrogen and oxygen atoms in total. The molecule has 0 bridgehead atoms. The molecule has 1 atom stereocenters. The molecule has 0 radical (unpaired) electrons. The third-order valence-corrected chi connectivity index (χ3v) is 4.55. The fourth-order valence-corrected chi connectivity index (χ4v) is 3.43. The van der Waals surface area contributed by atoms with Gasteiger partial charge in [-0.05, 0) is 31.9 Å². The number of methoxy groups -OCH3 is 1. The van der Waals surface area contributed by atoms with Crippen LogP contribution < -0.4 is 0 Å². The molecule has 0 saturated heterocycles. The van der Waals surface area contributed by atoms with Crippen LogP contribution in [0.1, 0.15) is 50.4 Å². The number of alkyl halides is 2. The van der Waals surface area contributed by atoms with Crippen LogP contribution in [0.2, 0.25) is 0 Å². The van der Waals surface area contributed by atoms with Gasteiger partial charge in [0.25, 0.3) is 0 Å². The number of nitrogens with zero attached hydrogens (tertiary/aromatic N) is 2. The van der Waals surface area contributed by atoms with E-state index in [1.54, 1.807) is 7.11 Å². The highest BCUT2D eigenvalue weighted by atomic mass is 19.3. The standard InChI is InChI=1S/C17H22F2N2O/c1-12(11-22-2)21-15-6-4-3-5-14(15)20-16(21)13-7-9-17(18,19)10-8-13/h3-6,12-13H,7-11H2,1-2H3. The lowest BCUT2D eigenvalue weighted by Crippen LogP contribution is -2.26. The molecule has 1 heterocycles. The van der Waals surface area contributed by atoms with E-state index in [0.717, 1.165) is 16.9 Å². The minimum absolute atomic E-state index is 0.0421. The van der Waals surface area contributed by atoms with Gasteiger partial charge in [0.1, 0.15) is 5.82 Å². The Morgan fingerprint density at radius 3 is 2.68 bits per heavy atom. The van der Waals surface area contributed by atoms with E-state index in [0.29, 0.717) is 19.4 Å². The minimum Gasteiger partial charge on any atom is -0.383 e. The zero-order chi connectivity index (χ0) is 15.7. The summed E-state index contributed by atoms with van der Waals surface area (Å²) in [7, 11) is 1.68. The zero-order valence-electron chi connectivity index (χ0n) is 13.1. The maximum absolute atomic E-state index is 13.4. The molecular formula is C17H22F2N2O. The van der Waals surface area contributed by atoms with Crippen molar-refractivity contribution in [2.45, 2.75) is 50.5 Å². The number of rotatable bonds is 4. The lowest BCUT2D eigenvalue weighted by molar-refractivity contribution is -0.0390. The third kappa shape index (κ3) is 2.86. The van der Waals surface area contributed by atoms with Crippen LogP contribution in [0.3, 0.4) is 0 Å². The topological polar surface area (TPSA) is 27.1 Å². The van der Waals surface area contributed by atoms with E-state index in [2.05, 4.69) is 11.5 Å². The Kier molecular flexibility index (Phi) is 4.17. The van der Waals surface area contributed by atoms with Crippen molar-refractivity contribution in [1.29, 1.82) is 0 Å². The first-order valence-electron chi connectivity index (χ1n) is 7.85. The first-order valence-corrected chi connectivity index (χ1v) is 7.85. The maximum atomic E-state index is 13.4. The number of hydrogen-bond acceptors (Lipinski definition) is 2. The van der Waals surface area contributed by atoms with Gasteiger partial charge in [-0.1, -0.05) is 12.1 Å². The van der Waals surface area contributed by atoms with Gasteiger partial charge in [0.2, 0.25) is 5.92 Å². The van der Waals surface area contributed by atoms with Crippen molar-refractivity contribution < 1.29 is 13.5 Å². The van der Waals surface area contributed by atoms with Crippen LogP contribution in [0, 0.1) is 0 Å². The molecule has 2 aromatic rings. The molecule has 0 spiro atoms. The molecule has 0 N–H and O–H groups in total. The molecular weight excluding hydrogens is 286 g/mol. The van der Waals surface area contributed by atoms with Gasteiger partial charge in [0, 0.05) is 25.9 Å². The number of hydrogen-bond donors (Lipinski definition) is 0. The van der Waals surface area contributed by atoms with Gasteiger partial charge in [-0.2, -0.15) is 0 Å². The van der Waals surface area contributed by atoms with Crippen molar-refractivity contribution >= 4 is 11.0 Å². The van der Waals surface area contributed by atoms with Crippen LogP contribution >= 0.6 is 0 Å². The van der Waals surface area contributed by atoms with Crippen LogP contribution in [0.5, 0.6) is 0 Å². The summed E-state index contributed by atoms with van der Waals surface area (Å²) in [5, 5.41) is 0. The number of fused-ring (bicyclic) bond motifs is 1. The quantitative estimate of drug-likeness (QED) is 0.829. The molecule has 1 saturated carbocycles. The maximum Gasteiger partial charge on any atom is 0.248 e. The number of ether oxygens (including phenoxy) is 1. The second-order valence-corrected chi connectivity index (χ2v) is 6.26. The summed E-state index contributed by atoms with van der Waals surface area (Å²) in [5.41, 5.74) is 1.98. The molecule has 3 rings (SSSR count). The summed E-state index contributed by atoms with van der Waals surface area (Å²) < 4.78 is 34.3. The van der Waals surface area contributed by atoms with Gasteiger partial charge in [0.05, 0.1) is 23.7 Å². The molecule has 1 fully saturated rings. The average molecular weight is 308 g/mol. The Balaban J connectivity index is 1.99. The average Bonchev–Trinajstić information content (AvgIpc) is 2.86. The smallest absolute Gasteiger partial charge is 0.248 e.